The smallest absolute Gasteiger partial charge is 0.279 e. The number of piperidine rings is 2. The molecule has 0 aromatic heterocycles. The van der Waals surface area contributed by atoms with Gasteiger partial charge in [-0.25, -0.2) is 8.42 Å². The first-order valence-electron chi connectivity index (χ1n) is 10.7. The molecule has 1 amide bonds. The van der Waals surface area contributed by atoms with Gasteiger partial charge in [0.25, 0.3) is 5.91 Å². The van der Waals surface area contributed by atoms with Crippen molar-refractivity contribution in [3.63, 3.8) is 0 Å². The lowest BCUT2D eigenvalue weighted by Gasteiger charge is -2.30. The van der Waals surface area contributed by atoms with E-state index in [-0.39, 0.29) is 10.8 Å². The van der Waals surface area contributed by atoms with Crippen molar-refractivity contribution in [1.82, 2.24) is 4.31 Å². The van der Waals surface area contributed by atoms with Crippen LogP contribution in [0.3, 0.4) is 0 Å². The largest absolute Gasteiger partial charge is 0.376 e. The number of amides is 1. The number of rotatable bonds is 6. The van der Waals surface area contributed by atoms with Crippen molar-refractivity contribution in [3.8, 4) is 0 Å². The summed E-state index contributed by atoms with van der Waals surface area (Å²) in [6.45, 7) is 4.75. The van der Waals surface area contributed by atoms with Gasteiger partial charge in [-0.1, -0.05) is 6.42 Å². The van der Waals surface area contributed by atoms with Crippen LogP contribution in [0.15, 0.2) is 23.1 Å². The summed E-state index contributed by atoms with van der Waals surface area (Å²) >= 11 is 0. The molecule has 2 N–H and O–H groups in total. The summed E-state index contributed by atoms with van der Waals surface area (Å²) in [6.07, 6.45) is 6.40. The molecule has 2 saturated heterocycles. The molecule has 2 aliphatic heterocycles. The fourth-order valence-electron chi connectivity index (χ4n) is 4.34. The zero-order valence-electron chi connectivity index (χ0n) is 17.9. The first-order valence-corrected chi connectivity index (χ1v) is 12.2. The molecule has 7 nitrogen and oxygen atoms in total. The van der Waals surface area contributed by atoms with Crippen LogP contribution in [-0.4, -0.2) is 64.9 Å². The van der Waals surface area contributed by atoms with E-state index in [1.165, 1.54) is 11.3 Å². The Balaban J connectivity index is 1.80. The number of carbonyl (C=O) groups is 1. The van der Waals surface area contributed by atoms with Gasteiger partial charge in [0.05, 0.1) is 28.9 Å². The standard InChI is InChI=1S/C21H34N4O3S/c1-17-9-5-8-12-24(17)16-21(26)22-19-15-18(10-11-20(19)23(2)3)29(27,28)25-13-6-4-7-14-25/h10-11,15,17H,4-9,12-14,16H2,1-3H3,(H,22,26)/p+1/t17-/m0/s1. The Morgan fingerprint density at radius 1 is 1.17 bits per heavy atom. The summed E-state index contributed by atoms with van der Waals surface area (Å²) in [7, 11) is 0.241. The van der Waals surface area contributed by atoms with Gasteiger partial charge >= 0.3 is 0 Å². The molecule has 162 valence electrons. The molecular weight excluding hydrogens is 388 g/mol. The summed E-state index contributed by atoms with van der Waals surface area (Å²) in [4.78, 5) is 16.2. The van der Waals surface area contributed by atoms with Gasteiger partial charge in [0.2, 0.25) is 10.0 Å². The quantitative estimate of drug-likeness (QED) is 0.724. The fourth-order valence-corrected chi connectivity index (χ4v) is 5.88. The van der Waals surface area contributed by atoms with E-state index < -0.39 is 10.0 Å². The zero-order chi connectivity index (χ0) is 21.0. The Kier molecular flexibility index (Phi) is 7.19. The van der Waals surface area contributed by atoms with Gasteiger partial charge < -0.3 is 15.1 Å². The van der Waals surface area contributed by atoms with Crippen molar-refractivity contribution in [2.24, 2.45) is 0 Å². The lowest BCUT2D eigenvalue weighted by atomic mass is 10.0. The van der Waals surface area contributed by atoms with Crippen molar-refractivity contribution < 1.29 is 18.1 Å². The molecule has 2 atom stereocenters. The van der Waals surface area contributed by atoms with Gasteiger partial charge in [-0.05, 0) is 57.2 Å². The van der Waals surface area contributed by atoms with Crippen molar-refractivity contribution in [2.45, 2.75) is 56.4 Å². The lowest BCUT2D eigenvalue weighted by Crippen LogP contribution is -3.17. The van der Waals surface area contributed by atoms with E-state index in [4.69, 9.17) is 0 Å². The second-order valence-electron chi connectivity index (χ2n) is 8.57. The summed E-state index contributed by atoms with van der Waals surface area (Å²) in [5, 5.41) is 2.99. The van der Waals surface area contributed by atoms with Crippen LogP contribution in [0.1, 0.15) is 45.4 Å². The van der Waals surface area contributed by atoms with Crippen molar-refractivity contribution in [3.05, 3.63) is 18.2 Å². The first-order chi connectivity index (χ1) is 13.8. The van der Waals surface area contributed by atoms with E-state index in [1.807, 2.05) is 19.0 Å². The second-order valence-corrected chi connectivity index (χ2v) is 10.5. The number of carbonyl (C=O) groups excluding carboxylic acids is 1. The number of nitrogens with one attached hydrogen (secondary N) is 2. The topological polar surface area (TPSA) is 74.2 Å². The van der Waals surface area contributed by atoms with Gasteiger partial charge in [-0.15, -0.1) is 0 Å². The first kappa shape index (κ1) is 22.1. The Morgan fingerprint density at radius 3 is 2.55 bits per heavy atom. The molecule has 0 spiro atoms. The maximum Gasteiger partial charge on any atom is 0.279 e. The van der Waals surface area contributed by atoms with Gasteiger partial charge in [0, 0.05) is 27.2 Å². The van der Waals surface area contributed by atoms with Crippen LogP contribution >= 0.6 is 0 Å². The van der Waals surface area contributed by atoms with Crippen LogP contribution in [-0.2, 0) is 14.8 Å². The number of quaternary nitrogens is 1. The second kappa shape index (κ2) is 9.45. The highest BCUT2D eigenvalue weighted by Gasteiger charge is 2.28. The summed E-state index contributed by atoms with van der Waals surface area (Å²) < 4.78 is 27.7. The SMILES string of the molecule is C[C@H]1CCCC[NH+]1CC(=O)Nc1cc(S(=O)(=O)N2CCCCC2)ccc1N(C)C. The van der Waals surface area contributed by atoms with Crippen LogP contribution in [0.25, 0.3) is 0 Å². The highest BCUT2D eigenvalue weighted by molar-refractivity contribution is 7.89. The average Bonchev–Trinajstić information content (AvgIpc) is 2.70. The molecule has 2 heterocycles. The van der Waals surface area contributed by atoms with Crippen molar-refractivity contribution >= 4 is 27.3 Å². The molecule has 1 aromatic carbocycles. The number of nitrogens with zero attached hydrogens (tertiary/aromatic N) is 2. The Bertz CT molecular complexity index is 819. The fraction of sp³-hybridized carbons (Fsp3) is 0.667. The van der Waals surface area contributed by atoms with Crippen LogP contribution in [0.5, 0.6) is 0 Å². The highest BCUT2D eigenvalue weighted by atomic mass is 32.2. The van der Waals surface area contributed by atoms with E-state index in [2.05, 4.69) is 12.2 Å². The van der Waals surface area contributed by atoms with E-state index in [0.29, 0.717) is 31.4 Å². The molecule has 1 aromatic rings. The van der Waals surface area contributed by atoms with Crippen molar-refractivity contribution in [1.29, 1.82) is 0 Å². The minimum absolute atomic E-state index is 0.0654. The van der Waals surface area contributed by atoms with Gasteiger partial charge in [-0.3, -0.25) is 4.79 Å². The van der Waals surface area contributed by atoms with E-state index in [1.54, 1.807) is 22.5 Å². The van der Waals surface area contributed by atoms with Crippen LogP contribution in [0, 0.1) is 0 Å². The molecule has 3 rings (SSSR count). The molecule has 8 heteroatoms. The molecule has 2 aliphatic rings. The molecular formula is C21H35N4O3S+. The number of sulfonamides is 1. The molecule has 0 aliphatic carbocycles. The Morgan fingerprint density at radius 2 is 1.90 bits per heavy atom. The zero-order valence-corrected chi connectivity index (χ0v) is 18.7. The minimum atomic E-state index is -3.54. The normalized spacial score (nSPS) is 23.6. The lowest BCUT2D eigenvalue weighted by molar-refractivity contribution is -0.920. The van der Waals surface area contributed by atoms with E-state index in [9.17, 15) is 13.2 Å². The third-order valence-electron chi connectivity index (χ3n) is 6.15. The molecule has 0 bridgehead atoms. The van der Waals surface area contributed by atoms with Gasteiger partial charge in [-0.2, -0.15) is 4.31 Å². The highest BCUT2D eigenvalue weighted by Crippen LogP contribution is 2.30. The monoisotopic (exact) mass is 423 g/mol. The maximum atomic E-state index is 13.1. The van der Waals surface area contributed by atoms with Gasteiger partial charge in [0.15, 0.2) is 6.54 Å². The number of benzene rings is 1. The third-order valence-corrected chi connectivity index (χ3v) is 8.04. The summed E-state index contributed by atoms with van der Waals surface area (Å²) in [5.74, 6) is -0.0654. The maximum absolute atomic E-state index is 13.1. The average molecular weight is 424 g/mol. The van der Waals surface area contributed by atoms with Gasteiger partial charge in [0.1, 0.15) is 0 Å². The Hall–Kier alpha value is -1.64. The minimum Gasteiger partial charge on any atom is -0.376 e. The molecule has 1 unspecified atom stereocenters. The van der Waals surface area contributed by atoms with Crippen LogP contribution in [0.2, 0.25) is 0 Å². The number of anilines is 2. The summed E-state index contributed by atoms with van der Waals surface area (Å²) in [6, 6.07) is 5.52. The molecule has 0 radical (unpaired) electrons. The van der Waals surface area contributed by atoms with E-state index >= 15 is 0 Å². The van der Waals surface area contributed by atoms with Crippen LogP contribution in [0.4, 0.5) is 11.4 Å². The third kappa shape index (κ3) is 5.29. The predicted octanol–water partition coefficient (Wildman–Crippen LogP) is 1.32. The van der Waals surface area contributed by atoms with E-state index in [0.717, 1.165) is 44.3 Å². The number of hydrogen-bond donors (Lipinski definition) is 2. The molecule has 0 saturated carbocycles. The van der Waals surface area contributed by atoms with Crippen LogP contribution < -0.4 is 15.1 Å². The molecule has 29 heavy (non-hydrogen) atoms. The summed E-state index contributed by atoms with van der Waals surface area (Å²) in [5.41, 5.74) is 1.36. The Labute approximate surface area is 175 Å². The van der Waals surface area contributed by atoms with Crippen molar-refractivity contribution in [2.75, 3.05) is 50.5 Å². The molecule has 2 fully saturated rings. The number of likely N-dealkylation sites (tertiary alicyclic amines) is 1. The number of hydrogen-bond acceptors (Lipinski definition) is 4. The predicted molar refractivity (Wildman–Crippen MR) is 116 cm³/mol.